The highest BCUT2D eigenvalue weighted by molar-refractivity contribution is 9.10. The number of benzene rings is 1. The normalized spacial score (nSPS) is 18.5. The van der Waals surface area contributed by atoms with Gasteiger partial charge < -0.3 is 10.2 Å². The Balaban J connectivity index is 1.57. The number of hydrogen-bond donors (Lipinski definition) is 1. The summed E-state index contributed by atoms with van der Waals surface area (Å²) in [5.74, 6) is -0.865. The van der Waals surface area contributed by atoms with E-state index in [0.717, 1.165) is 22.2 Å². The van der Waals surface area contributed by atoms with Crippen molar-refractivity contribution in [2.24, 2.45) is 0 Å². The van der Waals surface area contributed by atoms with E-state index < -0.39 is 11.6 Å². The second-order valence-corrected chi connectivity index (χ2v) is 7.83. The van der Waals surface area contributed by atoms with E-state index in [4.69, 9.17) is 0 Å². The maximum absolute atomic E-state index is 13.8. The Hall–Kier alpha value is -1.96. The highest BCUT2D eigenvalue weighted by Crippen LogP contribution is 2.35. The first-order chi connectivity index (χ1) is 12.3. The Kier molecular flexibility index (Phi) is 5.32. The van der Waals surface area contributed by atoms with Crippen molar-refractivity contribution >= 4 is 33.8 Å². The molecule has 0 bridgehead atoms. The van der Waals surface area contributed by atoms with Crippen LogP contribution in [0.2, 0.25) is 0 Å². The van der Waals surface area contributed by atoms with Crippen LogP contribution in [0, 0.1) is 5.82 Å². The highest BCUT2D eigenvalue weighted by Gasteiger charge is 2.52. The predicted octanol–water partition coefficient (Wildman–Crippen LogP) is 2.80. The molecule has 0 unspecified atom stereocenters. The van der Waals surface area contributed by atoms with Gasteiger partial charge in [-0.15, -0.1) is 0 Å². The zero-order chi connectivity index (χ0) is 18.9. The van der Waals surface area contributed by atoms with Gasteiger partial charge in [-0.05, 0) is 31.0 Å². The first kappa shape index (κ1) is 18.8. The van der Waals surface area contributed by atoms with Crippen LogP contribution in [-0.4, -0.2) is 46.8 Å². The lowest BCUT2D eigenvalue weighted by atomic mass is 9.98. The number of imide groups is 1. The molecule has 6 nitrogen and oxygen atoms in total. The Labute approximate surface area is 159 Å². The second kappa shape index (κ2) is 7.34. The predicted molar refractivity (Wildman–Crippen MR) is 96.6 cm³/mol. The highest BCUT2D eigenvalue weighted by atomic mass is 79.9. The smallest absolute Gasteiger partial charge is 0.325 e. The number of hydrogen-bond acceptors (Lipinski definition) is 3. The number of nitrogens with one attached hydrogen (secondary N) is 1. The molecule has 0 radical (unpaired) electrons. The summed E-state index contributed by atoms with van der Waals surface area (Å²) in [6, 6.07) is 4.13. The quantitative estimate of drug-likeness (QED) is 0.737. The molecule has 1 aromatic rings. The fourth-order valence-electron chi connectivity index (χ4n) is 3.60. The molecule has 1 saturated carbocycles. The Morgan fingerprint density at radius 2 is 2.04 bits per heavy atom. The molecule has 2 fully saturated rings. The molecule has 0 aromatic heterocycles. The van der Waals surface area contributed by atoms with E-state index >= 15 is 0 Å². The van der Waals surface area contributed by atoms with Crippen LogP contribution in [0.25, 0.3) is 0 Å². The SMILES string of the molecule is CN(Cc1cc(Br)ccc1F)C(=O)CCN1C(=O)NC2(CCCC2)C1=O. The Bertz CT molecular complexity index is 749. The number of rotatable bonds is 5. The van der Waals surface area contributed by atoms with Gasteiger partial charge in [0.15, 0.2) is 0 Å². The summed E-state index contributed by atoms with van der Waals surface area (Å²) in [5, 5.41) is 2.79. The molecule has 1 heterocycles. The van der Waals surface area contributed by atoms with Gasteiger partial charge in [-0.25, -0.2) is 9.18 Å². The number of nitrogens with zero attached hydrogens (tertiary/aromatic N) is 2. The Morgan fingerprint density at radius 1 is 1.35 bits per heavy atom. The van der Waals surface area contributed by atoms with Gasteiger partial charge in [-0.2, -0.15) is 0 Å². The Morgan fingerprint density at radius 3 is 2.73 bits per heavy atom. The minimum atomic E-state index is -0.758. The number of carbonyl (C=O) groups is 3. The van der Waals surface area contributed by atoms with Crippen molar-refractivity contribution in [2.45, 2.75) is 44.2 Å². The fraction of sp³-hybridized carbons (Fsp3) is 0.500. The molecule has 2 aliphatic rings. The average molecular weight is 426 g/mol. The fourth-order valence-corrected chi connectivity index (χ4v) is 4.01. The summed E-state index contributed by atoms with van der Waals surface area (Å²) in [5.41, 5.74) is -0.360. The number of amides is 4. The lowest BCUT2D eigenvalue weighted by Crippen LogP contribution is -2.44. The maximum atomic E-state index is 13.8. The third-order valence-electron chi connectivity index (χ3n) is 5.09. The van der Waals surface area contributed by atoms with Crippen molar-refractivity contribution in [2.75, 3.05) is 13.6 Å². The van der Waals surface area contributed by atoms with E-state index in [1.807, 2.05) is 0 Å². The van der Waals surface area contributed by atoms with Crippen molar-refractivity contribution in [1.29, 1.82) is 0 Å². The van der Waals surface area contributed by atoms with E-state index in [0.29, 0.717) is 18.4 Å². The molecule has 3 rings (SSSR count). The van der Waals surface area contributed by atoms with Gasteiger partial charge in [-0.1, -0.05) is 28.8 Å². The van der Waals surface area contributed by atoms with E-state index in [1.54, 1.807) is 19.2 Å². The van der Waals surface area contributed by atoms with Gasteiger partial charge in [0.05, 0.1) is 0 Å². The summed E-state index contributed by atoms with van der Waals surface area (Å²) in [6.45, 7) is 0.157. The topological polar surface area (TPSA) is 69.7 Å². The zero-order valence-corrected chi connectivity index (χ0v) is 16.1. The van der Waals surface area contributed by atoms with Crippen LogP contribution in [0.1, 0.15) is 37.7 Å². The number of halogens is 2. The van der Waals surface area contributed by atoms with E-state index in [1.165, 1.54) is 11.0 Å². The van der Waals surface area contributed by atoms with Gasteiger partial charge >= 0.3 is 6.03 Å². The van der Waals surface area contributed by atoms with Gasteiger partial charge in [0.1, 0.15) is 11.4 Å². The van der Waals surface area contributed by atoms with Crippen molar-refractivity contribution in [3.8, 4) is 0 Å². The number of carbonyl (C=O) groups excluding carboxylic acids is 3. The van der Waals surface area contributed by atoms with Crippen molar-refractivity contribution in [3.05, 3.63) is 34.1 Å². The molecule has 140 valence electrons. The van der Waals surface area contributed by atoms with Crippen LogP contribution in [0.4, 0.5) is 9.18 Å². The molecule has 4 amide bonds. The van der Waals surface area contributed by atoms with Gasteiger partial charge in [0.25, 0.3) is 5.91 Å². The first-order valence-electron chi connectivity index (χ1n) is 8.64. The van der Waals surface area contributed by atoms with Crippen LogP contribution in [-0.2, 0) is 16.1 Å². The molecular weight excluding hydrogens is 405 g/mol. The first-order valence-corrected chi connectivity index (χ1v) is 9.44. The largest absolute Gasteiger partial charge is 0.341 e. The van der Waals surface area contributed by atoms with Crippen LogP contribution in [0.15, 0.2) is 22.7 Å². The second-order valence-electron chi connectivity index (χ2n) is 6.91. The maximum Gasteiger partial charge on any atom is 0.325 e. The lowest BCUT2D eigenvalue weighted by Gasteiger charge is -2.21. The minimum Gasteiger partial charge on any atom is -0.341 e. The lowest BCUT2D eigenvalue weighted by molar-refractivity contribution is -0.133. The van der Waals surface area contributed by atoms with Crippen LogP contribution in [0.5, 0.6) is 0 Å². The molecule has 0 atom stereocenters. The molecule has 1 aliphatic carbocycles. The van der Waals surface area contributed by atoms with Crippen molar-refractivity contribution in [3.63, 3.8) is 0 Å². The summed E-state index contributed by atoms with van der Waals surface area (Å²) < 4.78 is 14.6. The van der Waals surface area contributed by atoms with E-state index in [-0.39, 0.29) is 37.1 Å². The molecular formula is C18H21BrFN3O3. The van der Waals surface area contributed by atoms with Gasteiger partial charge in [-0.3, -0.25) is 14.5 Å². The average Bonchev–Trinajstić information content (AvgIpc) is 3.15. The summed E-state index contributed by atoms with van der Waals surface area (Å²) in [7, 11) is 1.58. The summed E-state index contributed by atoms with van der Waals surface area (Å²) in [6.07, 6.45) is 3.16. The van der Waals surface area contributed by atoms with E-state index in [9.17, 15) is 18.8 Å². The minimum absolute atomic E-state index is 0.0152. The molecule has 8 heteroatoms. The van der Waals surface area contributed by atoms with Gasteiger partial charge in [0, 0.05) is 36.6 Å². The van der Waals surface area contributed by atoms with Crippen molar-refractivity contribution < 1.29 is 18.8 Å². The van der Waals surface area contributed by atoms with Crippen molar-refractivity contribution in [1.82, 2.24) is 15.1 Å². The molecule has 1 saturated heterocycles. The molecule has 1 N–H and O–H groups in total. The third kappa shape index (κ3) is 3.60. The molecule has 1 aromatic carbocycles. The molecule has 26 heavy (non-hydrogen) atoms. The van der Waals surface area contributed by atoms with Crippen LogP contribution >= 0.6 is 15.9 Å². The van der Waals surface area contributed by atoms with Gasteiger partial charge in [0.2, 0.25) is 5.91 Å². The monoisotopic (exact) mass is 425 g/mol. The summed E-state index contributed by atoms with van der Waals surface area (Å²) in [4.78, 5) is 39.6. The zero-order valence-electron chi connectivity index (χ0n) is 14.6. The molecule has 1 spiro atoms. The van der Waals surface area contributed by atoms with Crippen LogP contribution in [0.3, 0.4) is 0 Å². The standard InChI is InChI=1S/C18H21BrFN3O3/c1-22(11-12-10-13(19)4-5-14(12)20)15(24)6-9-23-16(25)18(21-17(23)26)7-2-3-8-18/h4-5,10H,2-3,6-9,11H2,1H3,(H,21,26). The summed E-state index contributed by atoms with van der Waals surface area (Å²) >= 11 is 3.28. The third-order valence-corrected chi connectivity index (χ3v) is 5.59. The van der Waals surface area contributed by atoms with Crippen LogP contribution < -0.4 is 5.32 Å². The molecule has 1 aliphatic heterocycles. The number of urea groups is 1. The van der Waals surface area contributed by atoms with E-state index in [2.05, 4.69) is 21.2 Å².